The van der Waals surface area contributed by atoms with Crippen molar-refractivity contribution in [2.45, 2.75) is 26.1 Å². The van der Waals surface area contributed by atoms with E-state index < -0.39 is 6.10 Å². The minimum Gasteiger partial charge on any atom is -0.490 e. The highest BCUT2D eigenvalue weighted by atomic mass is 79.9. The van der Waals surface area contributed by atoms with Crippen molar-refractivity contribution in [3.05, 3.63) is 22.2 Å². The van der Waals surface area contributed by atoms with Crippen molar-refractivity contribution in [1.29, 1.82) is 0 Å². The molecule has 0 saturated carbocycles. The van der Waals surface area contributed by atoms with Gasteiger partial charge in [0, 0.05) is 10.0 Å². The fraction of sp³-hybridized carbons (Fsp3) is 0.600. The molecule has 118 valence electrons. The van der Waals surface area contributed by atoms with Crippen molar-refractivity contribution in [3.63, 3.8) is 0 Å². The molecular formula is C15H21BrO5. The summed E-state index contributed by atoms with van der Waals surface area (Å²) in [6, 6.07) is 3.61. The summed E-state index contributed by atoms with van der Waals surface area (Å²) in [7, 11) is 0. The van der Waals surface area contributed by atoms with Crippen molar-refractivity contribution < 1.29 is 24.1 Å². The van der Waals surface area contributed by atoms with Crippen LogP contribution in [0.3, 0.4) is 0 Å². The lowest BCUT2D eigenvalue weighted by molar-refractivity contribution is -0.133. The fourth-order valence-corrected chi connectivity index (χ4v) is 2.76. The van der Waals surface area contributed by atoms with Gasteiger partial charge in [0.25, 0.3) is 0 Å². The molecule has 1 saturated heterocycles. The number of benzene rings is 1. The Bertz CT molecular complexity index is 460. The van der Waals surface area contributed by atoms with Crippen molar-refractivity contribution in [2.24, 2.45) is 0 Å². The summed E-state index contributed by atoms with van der Waals surface area (Å²) in [5.41, 5.74) is 0.706. The first kappa shape index (κ1) is 16.5. The molecule has 0 amide bonds. The van der Waals surface area contributed by atoms with Gasteiger partial charge in [-0.05, 0) is 26.0 Å². The van der Waals surface area contributed by atoms with Gasteiger partial charge >= 0.3 is 0 Å². The molecule has 2 unspecified atom stereocenters. The molecule has 6 heteroatoms. The molecule has 1 aliphatic rings. The van der Waals surface area contributed by atoms with Gasteiger partial charge in [-0.3, -0.25) is 0 Å². The van der Waals surface area contributed by atoms with E-state index >= 15 is 0 Å². The van der Waals surface area contributed by atoms with Crippen LogP contribution in [0.4, 0.5) is 0 Å². The van der Waals surface area contributed by atoms with Crippen LogP contribution < -0.4 is 9.47 Å². The van der Waals surface area contributed by atoms with Crippen molar-refractivity contribution >= 4 is 15.9 Å². The normalized spacial score (nSPS) is 20.1. The van der Waals surface area contributed by atoms with Gasteiger partial charge in [0.1, 0.15) is 12.2 Å². The lowest BCUT2D eigenvalue weighted by Crippen LogP contribution is -2.34. The van der Waals surface area contributed by atoms with E-state index in [0.29, 0.717) is 50.1 Å². The molecule has 1 aromatic rings. The van der Waals surface area contributed by atoms with E-state index in [1.165, 1.54) is 0 Å². The summed E-state index contributed by atoms with van der Waals surface area (Å²) in [6.07, 6.45) is -1.16. The summed E-state index contributed by atoms with van der Waals surface area (Å²) in [5.74, 6) is 1.27. The third-order valence-electron chi connectivity index (χ3n) is 3.18. The molecule has 0 aromatic heterocycles. The van der Waals surface area contributed by atoms with Gasteiger partial charge in [-0.15, -0.1) is 0 Å². The average molecular weight is 361 g/mol. The van der Waals surface area contributed by atoms with Crippen molar-refractivity contribution in [1.82, 2.24) is 0 Å². The summed E-state index contributed by atoms with van der Waals surface area (Å²) in [5, 5.41) is 10.5. The minimum atomic E-state index is -0.783. The molecule has 1 aliphatic heterocycles. The number of hydrogen-bond acceptors (Lipinski definition) is 5. The maximum absolute atomic E-state index is 10.5. The summed E-state index contributed by atoms with van der Waals surface area (Å²) in [6.45, 7) is 6.34. The molecule has 5 nitrogen and oxygen atoms in total. The first-order valence-electron chi connectivity index (χ1n) is 7.13. The maximum Gasteiger partial charge on any atom is 0.162 e. The number of hydrogen-bond donors (Lipinski definition) is 1. The molecule has 1 fully saturated rings. The van der Waals surface area contributed by atoms with E-state index in [9.17, 15) is 5.11 Å². The Morgan fingerprint density at radius 3 is 2.48 bits per heavy atom. The standard InChI is InChI=1S/C15H21BrO5/c1-3-19-12-7-10(11(16)8-13(12)20-4-2)15(17)14-9-18-5-6-21-14/h7-8,14-15,17H,3-6,9H2,1-2H3. The molecule has 2 atom stereocenters. The Labute approximate surface area is 133 Å². The summed E-state index contributed by atoms with van der Waals surface area (Å²) < 4.78 is 22.8. The van der Waals surface area contributed by atoms with E-state index in [2.05, 4.69) is 15.9 Å². The Balaban J connectivity index is 2.27. The fourth-order valence-electron chi connectivity index (χ4n) is 2.20. The average Bonchev–Trinajstić information content (AvgIpc) is 2.50. The van der Waals surface area contributed by atoms with Gasteiger partial charge < -0.3 is 24.1 Å². The lowest BCUT2D eigenvalue weighted by Gasteiger charge is -2.28. The van der Waals surface area contributed by atoms with Gasteiger partial charge in [-0.25, -0.2) is 0 Å². The van der Waals surface area contributed by atoms with Gasteiger partial charge in [0.05, 0.1) is 33.0 Å². The Morgan fingerprint density at radius 1 is 1.24 bits per heavy atom. The predicted molar refractivity (Wildman–Crippen MR) is 82.0 cm³/mol. The van der Waals surface area contributed by atoms with Gasteiger partial charge in [0.2, 0.25) is 0 Å². The largest absolute Gasteiger partial charge is 0.490 e. The zero-order valence-electron chi connectivity index (χ0n) is 12.3. The Hall–Kier alpha value is -0.820. The van der Waals surface area contributed by atoms with Gasteiger partial charge in [-0.1, -0.05) is 15.9 Å². The van der Waals surface area contributed by atoms with Crippen molar-refractivity contribution in [2.75, 3.05) is 33.0 Å². The maximum atomic E-state index is 10.5. The lowest BCUT2D eigenvalue weighted by atomic mass is 10.0. The number of aliphatic hydroxyl groups excluding tert-OH is 1. The zero-order chi connectivity index (χ0) is 15.2. The van der Waals surface area contributed by atoms with Crippen LogP contribution in [0, 0.1) is 0 Å². The van der Waals surface area contributed by atoms with Crippen LogP contribution in [0.15, 0.2) is 16.6 Å². The molecule has 0 bridgehead atoms. The molecule has 1 aromatic carbocycles. The second-order valence-corrected chi connectivity index (χ2v) is 5.47. The Kier molecular flexibility index (Phi) is 6.29. The second kappa shape index (κ2) is 7.98. The molecule has 1 heterocycles. The third-order valence-corrected chi connectivity index (χ3v) is 3.86. The van der Waals surface area contributed by atoms with Crippen LogP contribution in [-0.4, -0.2) is 44.2 Å². The molecule has 2 rings (SSSR count). The smallest absolute Gasteiger partial charge is 0.162 e. The highest BCUT2D eigenvalue weighted by Gasteiger charge is 2.27. The molecule has 1 N–H and O–H groups in total. The number of ether oxygens (including phenoxy) is 4. The quantitative estimate of drug-likeness (QED) is 0.844. The van der Waals surface area contributed by atoms with Crippen LogP contribution in [-0.2, 0) is 9.47 Å². The summed E-state index contributed by atoms with van der Waals surface area (Å²) in [4.78, 5) is 0. The van der Waals surface area contributed by atoms with E-state index in [1.807, 2.05) is 19.9 Å². The highest BCUT2D eigenvalue weighted by molar-refractivity contribution is 9.10. The molecule has 0 aliphatic carbocycles. The molecule has 21 heavy (non-hydrogen) atoms. The van der Waals surface area contributed by atoms with Crippen LogP contribution in [0.2, 0.25) is 0 Å². The second-order valence-electron chi connectivity index (χ2n) is 4.62. The van der Waals surface area contributed by atoms with Crippen LogP contribution in [0.25, 0.3) is 0 Å². The van der Waals surface area contributed by atoms with E-state index in [-0.39, 0.29) is 6.10 Å². The zero-order valence-corrected chi connectivity index (χ0v) is 13.9. The monoisotopic (exact) mass is 360 g/mol. The van der Waals surface area contributed by atoms with Crippen LogP contribution in [0.5, 0.6) is 11.5 Å². The van der Waals surface area contributed by atoms with E-state index in [1.54, 1.807) is 6.07 Å². The van der Waals surface area contributed by atoms with Gasteiger partial charge in [0.15, 0.2) is 11.5 Å². The molecular weight excluding hydrogens is 340 g/mol. The summed E-state index contributed by atoms with van der Waals surface area (Å²) >= 11 is 3.48. The topological polar surface area (TPSA) is 57.2 Å². The predicted octanol–water partition coefficient (Wildman–Crippen LogP) is 2.70. The van der Waals surface area contributed by atoms with Crippen LogP contribution >= 0.6 is 15.9 Å². The third kappa shape index (κ3) is 4.10. The van der Waals surface area contributed by atoms with E-state index in [4.69, 9.17) is 18.9 Å². The number of halogens is 1. The van der Waals surface area contributed by atoms with Crippen LogP contribution in [0.1, 0.15) is 25.5 Å². The Morgan fingerprint density at radius 2 is 1.90 bits per heavy atom. The van der Waals surface area contributed by atoms with E-state index in [0.717, 1.165) is 4.47 Å². The first-order chi connectivity index (χ1) is 10.2. The molecule has 0 radical (unpaired) electrons. The number of aliphatic hydroxyl groups is 1. The molecule has 0 spiro atoms. The minimum absolute atomic E-state index is 0.373. The first-order valence-corrected chi connectivity index (χ1v) is 7.93. The highest BCUT2D eigenvalue weighted by Crippen LogP contribution is 2.38. The van der Waals surface area contributed by atoms with Gasteiger partial charge in [-0.2, -0.15) is 0 Å². The number of rotatable bonds is 6. The van der Waals surface area contributed by atoms with Crippen molar-refractivity contribution in [3.8, 4) is 11.5 Å². The SMILES string of the molecule is CCOc1cc(Br)c(C(O)C2COCCO2)cc1OCC.